The number of nitrogens with two attached hydrogens (primary N) is 1. The third-order valence-corrected chi connectivity index (χ3v) is 4.00. The molecular weight excluding hydrogens is 260 g/mol. The van der Waals surface area contributed by atoms with Gasteiger partial charge in [-0.25, -0.2) is 9.50 Å². The molecule has 0 saturated heterocycles. The Kier molecular flexibility index (Phi) is 2.96. The second-order valence-corrected chi connectivity index (χ2v) is 5.31. The summed E-state index contributed by atoms with van der Waals surface area (Å²) in [4.78, 5) is 17.9. The lowest BCUT2D eigenvalue weighted by atomic mass is 10.2. The average molecular weight is 274 g/mol. The van der Waals surface area contributed by atoms with Crippen LogP contribution < -0.4 is 11.3 Å². The van der Waals surface area contributed by atoms with Crippen molar-refractivity contribution in [3.8, 4) is 10.6 Å². The number of fused-ring (bicyclic) bond motifs is 1. The second-order valence-electron chi connectivity index (χ2n) is 4.36. The number of H-pyrrole nitrogens is 1. The van der Waals surface area contributed by atoms with Crippen LogP contribution in [0.4, 0.5) is 0 Å². The van der Waals surface area contributed by atoms with Crippen LogP contribution in [0.5, 0.6) is 0 Å². The zero-order valence-corrected chi connectivity index (χ0v) is 11.3. The molecule has 0 amide bonds. The predicted molar refractivity (Wildman–Crippen MR) is 76.6 cm³/mol. The summed E-state index contributed by atoms with van der Waals surface area (Å²) in [6.07, 6.45) is 0.550. The summed E-state index contributed by atoms with van der Waals surface area (Å²) in [6, 6.07) is 5.88. The van der Waals surface area contributed by atoms with Crippen molar-refractivity contribution < 1.29 is 0 Å². The Hall–Kier alpha value is -1.92. The smallest absolute Gasteiger partial charge is 0.276 e. The van der Waals surface area contributed by atoms with Gasteiger partial charge in [0.1, 0.15) is 0 Å². The zero-order chi connectivity index (χ0) is 13.4. The molecule has 5 nitrogen and oxygen atoms in total. The van der Waals surface area contributed by atoms with Crippen LogP contribution in [-0.2, 0) is 6.42 Å². The Bertz CT molecular complexity index is 770. The van der Waals surface area contributed by atoms with E-state index in [1.165, 1.54) is 4.52 Å². The van der Waals surface area contributed by atoms with E-state index in [2.05, 4.69) is 10.1 Å². The Morgan fingerprint density at radius 1 is 1.53 bits per heavy atom. The van der Waals surface area contributed by atoms with Gasteiger partial charge in [0, 0.05) is 17.3 Å². The minimum atomic E-state index is -0.0595. The molecule has 0 aliphatic rings. The van der Waals surface area contributed by atoms with Gasteiger partial charge in [0.25, 0.3) is 5.56 Å². The Morgan fingerprint density at radius 2 is 2.37 bits per heavy atom. The molecule has 0 unspecified atom stereocenters. The van der Waals surface area contributed by atoms with E-state index in [4.69, 9.17) is 5.73 Å². The van der Waals surface area contributed by atoms with E-state index in [1.54, 1.807) is 11.3 Å². The van der Waals surface area contributed by atoms with Crippen LogP contribution in [0.25, 0.3) is 16.2 Å². The van der Waals surface area contributed by atoms with Crippen LogP contribution in [-0.4, -0.2) is 21.1 Å². The molecule has 0 spiro atoms. The van der Waals surface area contributed by atoms with Crippen molar-refractivity contribution in [2.45, 2.75) is 13.3 Å². The molecule has 0 saturated carbocycles. The molecule has 0 aliphatic heterocycles. The third kappa shape index (κ3) is 1.98. The van der Waals surface area contributed by atoms with E-state index >= 15 is 0 Å². The second kappa shape index (κ2) is 4.64. The normalized spacial score (nSPS) is 11.3. The minimum Gasteiger partial charge on any atom is -0.330 e. The lowest BCUT2D eigenvalue weighted by Crippen LogP contribution is -2.23. The Balaban J connectivity index is 2.24. The van der Waals surface area contributed by atoms with Gasteiger partial charge < -0.3 is 5.73 Å². The van der Waals surface area contributed by atoms with Gasteiger partial charge in [0.2, 0.25) is 0 Å². The molecule has 19 heavy (non-hydrogen) atoms. The maximum atomic E-state index is 12.4. The molecule has 6 heteroatoms. The van der Waals surface area contributed by atoms with Gasteiger partial charge in [-0.3, -0.25) is 9.89 Å². The molecule has 3 aromatic rings. The number of aryl methyl sites for hydroxylation is 1. The number of aromatic nitrogens is 3. The van der Waals surface area contributed by atoms with Crippen molar-refractivity contribution in [1.29, 1.82) is 0 Å². The van der Waals surface area contributed by atoms with Gasteiger partial charge in [-0.15, -0.1) is 11.3 Å². The molecule has 0 aromatic carbocycles. The Labute approximate surface area is 113 Å². The fraction of sp³-hybridized carbons (Fsp3) is 0.231. The van der Waals surface area contributed by atoms with Gasteiger partial charge in [-0.05, 0) is 31.3 Å². The summed E-state index contributed by atoms with van der Waals surface area (Å²) < 4.78 is 1.49. The molecule has 3 N–H and O–H groups in total. The molecule has 0 aliphatic carbocycles. The van der Waals surface area contributed by atoms with Gasteiger partial charge in [-0.1, -0.05) is 6.07 Å². The monoisotopic (exact) mass is 274 g/mol. The third-order valence-electron chi connectivity index (χ3n) is 3.10. The quantitative estimate of drug-likeness (QED) is 0.761. The van der Waals surface area contributed by atoms with Crippen LogP contribution in [0, 0.1) is 6.92 Å². The van der Waals surface area contributed by atoms with Crippen LogP contribution in [0.3, 0.4) is 0 Å². The molecule has 0 fully saturated rings. The first-order valence-electron chi connectivity index (χ1n) is 6.06. The van der Waals surface area contributed by atoms with Crippen molar-refractivity contribution in [2.75, 3.05) is 6.54 Å². The van der Waals surface area contributed by atoms with Gasteiger partial charge in [0.15, 0.2) is 5.65 Å². The van der Waals surface area contributed by atoms with E-state index in [0.29, 0.717) is 24.2 Å². The summed E-state index contributed by atoms with van der Waals surface area (Å²) in [5.41, 5.74) is 8.47. The highest BCUT2D eigenvalue weighted by atomic mass is 32.1. The van der Waals surface area contributed by atoms with Gasteiger partial charge >= 0.3 is 0 Å². The number of nitrogens with one attached hydrogen (secondary N) is 1. The van der Waals surface area contributed by atoms with Crippen LogP contribution >= 0.6 is 11.3 Å². The summed E-state index contributed by atoms with van der Waals surface area (Å²) in [5, 5.41) is 5.11. The highest BCUT2D eigenvalue weighted by Crippen LogP contribution is 2.23. The maximum Gasteiger partial charge on any atom is 0.276 e. The van der Waals surface area contributed by atoms with E-state index in [-0.39, 0.29) is 5.56 Å². The minimum absolute atomic E-state index is 0.0595. The highest BCUT2D eigenvalue weighted by Gasteiger charge is 2.12. The number of rotatable bonds is 3. The van der Waals surface area contributed by atoms with Crippen molar-refractivity contribution in [3.05, 3.63) is 45.2 Å². The van der Waals surface area contributed by atoms with E-state index in [0.717, 1.165) is 16.3 Å². The van der Waals surface area contributed by atoms with Crippen molar-refractivity contribution >= 4 is 17.0 Å². The maximum absolute atomic E-state index is 12.4. The molecule has 3 aromatic heterocycles. The molecule has 98 valence electrons. The van der Waals surface area contributed by atoms with Crippen molar-refractivity contribution in [2.24, 2.45) is 5.73 Å². The standard InChI is InChI=1S/C13H14N4OS/c1-8-9(4-5-14)13(18)17-12(15-8)7-10(16-17)11-3-2-6-19-11/h2-3,6-7,16H,4-5,14H2,1H3. The first-order chi connectivity index (χ1) is 9.20. The van der Waals surface area contributed by atoms with Crippen molar-refractivity contribution in [3.63, 3.8) is 0 Å². The van der Waals surface area contributed by atoms with E-state index < -0.39 is 0 Å². The van der Waals surface area contributed by atoms with Crippen LogP contribution in [0.1, 0.15) is 11.3 Å². The fourth-order valence-corrected chi connectivity index (χ4v) is 2.85. The number of nitrogens with zero attached hydrogens (tertiary/aromatic N) is 2. The fourth-order valence-electron chi connectivity index (χ4n) is 2.16. The highest BCUT2D eigenvalue weighted by molar-refractivity contribution is 7.13. The molecular formula is C13H14N4OS. The topological polar surface area (TPSA) is 76.2 Å². The number of hydrogen-bond donors (Lipinski definition) is 2. The van der Waals surface area contributed by atoms with Crippen molar-refractivity contribution in [1.82, 2.24) is 14.6 Å². The lowest BCUT2D eigenvalue weighted by Gasteiger charge is -2.03. The number of hydrogen-bond acceptors (Lipinski definition) is 4. The van der Waals surface area contributed by atoms with Crippen LogP contribution in [0.2, 0.25) is 0 Å². The summed E-state index contributed by atoms with van der Waals surface area (Å²) in [6.45, 7) is 2.30. The van der Waals surface area contributed by atoms with E-state index in [9.17, 15) is 4.79 Å². The summed E-state index contributed by atoms with van der Waals surface area (Å²) >= 11 is 1.62. The molecule has 3 rings (SSSR count). The Morgan fingerprint density at radius 3 is 3.05 bits per heavy atom. The summed E-state index contributed by atoms with van der Waals surface area (Å²) in [7, 11) is 0. The number of thiophene rings is 1. The molecule has 3 heterocycles. The van der Waals surface area contributed by atoms with Gasteiger partial charge in [0.05, 0.1) is 10.6 Å². The average Bonchev–Trinajstić information content (AvgIpc) is 3.02. The van der Waals surface area contributed by atoms with Crippen LogP contribution in [0.15, 0.2) is 28.4 Å². The van der Waals surface area contributed by atoms with Gasteiger partial charge in [-0.2, -0.15) is 0 Å². The SMILES string of the molecule is Cc1nc2cc(-c3cccs3)[nH]n2c(=O)c1CCN. The molecule has 0 radical (unpaired) electrons. The zero-order valence-electron chi connectivity index (χ0n) is 10.5. The largest absolute Gasteiger partial charge is 0.330 e. The number of aromatic amines is 1. The first-order valence-corrected chi connectivity index (χ1v) is 6.94. The summed E-state index contributed by atoms with van der Waals surface area (Å²) in [5.74, 6) is 0. The predicted octanol–water partition coefficient (Wildman–Crippen LogP) is 1.56. The first kappa shape index (κ1) is 12.1. The lowest BCUT2D eigenvalue weighted by molar-refractivity contribution is 0.835. The molecule has 0 bridgehead atoms. The van der Waals surface area contributed by atoms with E-state index in [1.807, 2.05) is 30.5 Å². The molecule has 0 atom stereocenters.